The predicted molar refractivity (Wildman–Crippen MR) is 185 cm³/mol. The molecule has 0 aliphatic carbocycles. The van der Waals surface area contributed by atoms with Crippen molar-refractivity contribution >= 4 is 22.8 Å². The summed E-state index contributed by atoms with van der Waals surface area (Å²) in [5.74, 6) is 0.982. The third kappa shape index (κ3) is 5.75. The van der Waals surface area contributed by atoms with Crippen molar-refractivity contribution in [2.45, 2.75) is 23.6 Å². The number of anilines is 1. The lowest BCUT2D eigenvalue weighted by Crippen LogP contribution is -2.50. The van der Waals surface area contributed by atoms with Gasteiger partial charge in [-0.25, -0.2) is 14.4 Å². The number of alkyl halides is 1. The van der Waals surface area contributed by atoms with Crippen LogP contribution in [-0.4, -0.2) is 65.3 Å². The Kier molecular flexibility index (Phi) is 9.02. The Morgan fingerprint density at radius 2 is 1.46 bits per heavy atom. The van der Waals surface area contributed by atoms with Gasteiger partial charge in [-0.3, -0.25) is 9.36 Å². The van der Waals surface area contributed by atoms with E-state index in [0.29, 0.717) is 22.7 Å². The molecule has 1 saturated heterocycles. The molecule has 254 valence electrons. The van der Waals surface area contributed by atoms with E-state index in [4.69, 9.17) is 18.9 Å². The molecular formula is C39H35FN4O6. The number of hydrogen-bond donors (Lipinski definition) is 2. The molecule has 6 aromatic rings. The number of hydrogen-bond acceptors (Lipinski definition) is 8. The molecule has 1 aliphatic heterocycles. The highest BCUT2D eigenvalue weighted by Gasteiger charge is 2.55. The zero-order valence-corrected chi connectivity index (χ0v) is 27.4. The number of nitrogens with zero attached hydrogens (tertiary/aromatic N) is 3. The Labute approximate surface area is 288 Å². The topological polar surface area (TPSA) is 117 Å². The number of methoxy groups -OCH3 is 2. The molecule has 2 N–H and O–H groups in total. The van der Waals surface area contributed by atoms with Crippen LogP contribution in [0.2, 0.25) is 0 Å². The Morgan fingerprint density at radius 3 is 2.06 bits per heavy atom. The zero-order valence-electron chi connectivity index (χ0n) is 27.4. The van der Waals surface area contributed by atoms with E-state index in [2.05, 4.69) is 15.3 Å². The van der Waals surface area contributed by atoms with Crippen molar-refractivity contribution in [1.29, 1.82) is 0 Å². The largest absolute Gasteiger partial charge is 0.497 e. The maximum absolute atomic E-state index is 16.0. The van der Waals surface area contributed by atoms with Crippen molar-refractivity contribution in [2.24, 2.45) is 0 Å². The minimum absolute atomic E-state index is 0.163. The molecule has 3 heterocycles. The number of imidazole rings is 1. The number of pyridine rings is 1. The van der Waals surface area contributed by atoms with E-state index in [1.54, 1.807) is 44.6 Å². The van der Waals surface area contributed by atoms with Crippen LogP contribution in [0.3, 0.4) is 0 Å². The van der Waals surface area contributed by atoms with Crippen molar-refractivity contribution in [3.8, 4) is 11.5 Å². The highest BCUT2D eigenvalue weighted by Crippen LogP contribution is 2.44. The first-order valence-corrected chi connectivity index (χ1v) is 16.0. The Hall–Kier alpha value is -5.62. The highest BCUT2D eigenvalue weighted by molar-refractivity contribution is 6.07. The van der Waals surface area contributed by atoms with Gasteiger partial charge in [-0.05, 0) is 59.2 Å². The van der Waals surface area contributed by atoms with Crippen LogP contribution in [0.15, 0.2) is 128 Å². The van der Waals surface area contributed by atoms with Crippen molar-refractivity contribution in [3.63, 3.8) is 0 Å². The van der Waals surface area contributed by atoms with Gasteiger partial charge in [0.05, 0.1) is 39.4 Å². The summed E-state index contributed by atoms with van der Waals surface area (Å²) in [5, 5.41) is 15.1. The predicted octanol–water partition coefficient (Wildman–Crippen LogP) is 6.09. The molecule has 1 aliphatic rings. The first-order chi connectivity index (χ1) is 24.4. The summed E-state index contributed by atoms with van der Waals surface area (Å²) in [6, 6.07) is 35.0. The Bertz CT molecular complexity index is 2030. The second kappa shape index (κ2) is 13.7. The highest BCUT2D eigenvalue weighted by atomic mass is 19.1. The number of nitrogens with one attached hydrogen (secondary N) is 1. The maximum Gasteiger partial charge on any atom is 0.255 e. The van der Waals surface area contributed by atoms with Crippen LogP contribution in [0.4, 0.5) is 10.1 Å². The van der Waals surface area contributed by atoms with Gasteiger partial charge >= 0.3 is 0 Å². The van der Waals surface area contributed by atoms with Crippen LogP contribution in [0.25, 0.3) is 11.2 Å². The van der Waals surface area contributed by atoms with Gasteiger partial charge in [0, 0.05) is 11.8 Å². The lowest BCUT2D eigenvalue weighted by molar-refractivity contribution is -0.154. The molecule has 0 unspecified atom stereocenters. The second-order valence-corrected chi connectivity index (χ2v) is 11.9. The second-order valence-electron chi connectivity index (χ2n) is 11.9. The molecule has 10 nitrogen and oxygen atoms in total. The lowest BCUT2D eigenvalue weighted by atomic mass is 9.80. The molecule has 2 aromatic heterocycles. The summed E-state index contributed by atoms with van der Waals surface area (Å²) < 4.78 is 41.0. The summed E-state index contributed by atoms with van der Waals surface area (Å²) in [6.07, 6.45) is -0.279. The smallest absolute Gasteiger partial charge is 0.255 e. The average molecular weight is 675 g/mol. The van der Waals surface area contributed by atoms with Crippen LogP contribution in [0.1, 0.15) is 27.0 Å². The standard InChI is InChI=1S/C39H35FN4O6/c1-47-30-17-13-28(14-18-30)38(27-11-7-4-8-12-27,29-15-19-31(48-2)20-16-29)50-24-34-39(46,33(40)23-49-34)44-25-42-35-32(21-22-41-36(35)44)43-37(45)26-9-5-3-6-10-26/h3-22,25,33-34,46H,23-24H2,1-2H3,(H,41,43,45)/t33-,34-,39+/m0/s1. The number of halogens is 1. The van der Waals surface area contributed by atoms with Gasteiger partial charge in [-0.15, -0.1) is 0 Å². The van der Waals surface area contributed by atoms with E-state index in [1.165, 1.54) is 17.1 Å². The average Bonchev–Trinajstić information content (AvgIpc) is 3.74. The van der Waals surface area contributed by atoms with Gasteiger partial charge in [-0.2, -0.15) is 0 Å². The quantitative estimate of drug-likeness (QED) is 0.159. The SMILES string of the molecule is COc1ccc(C(OC[C@@H]2OC[C@H](F)[C@]2(O)n2cnc3c(NC(=O)c4ccccc4)ccnc32)(c2ccccc2)c2ccc(OC)cc2)cc1. The van der Waals surface area contributed by atoms with Gasteiger partial charge in [0.25, 0.3) is 5.91 Å². The van der Waals surface area contributed by atoms with E-state index in [9.17, 15) is 9.90 Å². The number of fused-ring (bicyclic) bond motifs is 1. The number of aliphatic hydroxyl groups is 1. The summed E-state index contributed by atoms with van der Waals surface area (Å²) in [5.41, 5.74) is 0.0848. The Morgan fingerprint density at radius 1 is 0.880 bits per heavy atom. The first-order valence-electron chi connectivity index (χ1n) is 16.0. The van der Waals surface area contributed by atoms with Crippen LogP contribution in [0.5, 0.6) is 11.5 Å². The number of amides is 1. The fourth-order valence-corrected chi connectivity index (χ4v) is 6.46. The van der Waals surface area contributed by atoms with Gasteiger partial charge in [0.2, 0.25) is 5.72 Å². The molecule has 3 atom stereocenters. The van der Waals surface area contributed by atoms with Crippen LogP contribution >= 0.6 is 0 Å². The summed E-state index contributed by atoms with van der Waals surface area (Å²) in [7, 11) is 3.19. The number of ether oxygens (including phenoxy) is 4. The van der Waals surface area contributed by atoms with Crippen LogP contribution in [0, 0.1) is 0 Å². The maximum atomic E-state index is 16.0. The van der Waals surface area contributed by atoms with Crippen molar-refractivity contribution in [3.05, 3.63) is 150 Å². The first kappa shape index (κ1) is 32.9. The molecule has 0 radical (unpaired) electrons. The van der Waals surface area contributed by atoms with Gasteiger partial charge in [0.15, 0.2) is 11.8 Å². The van der Waals surface area contributed by atoms with Gasteiger partial charge in [-0.1, -0.05) is 72.8 Å². The lowest BCUT2D eigenvalue weighted by Gasteiger charge is -2.38. The summed E-state index contributed by atoms with van der Waals surface area (Å²) in [6.45, 7) is -0.633. The molecule has 11 heteroatoms. The summed E-state index contributed by atoms with van der Waals surface area (Å²) >= 11 is 0. The normalized spacial score (nSPS) is 19.0. The van der Waals surface area contributed by atoms with E-state index in [-0.39, 0.29) is 23.7 Å². The molecule has 1 fully saturated rings. The number of aromatic nitrogens is 3. The summed E-state index contributed by atoms with van der Waals surface area (Å²) in [4.78, 5) is 21.8. The van der Waals surface area contributed by atoms with E-state index >= 15 is 4.39 Å². The third-order valence-corrected chi connectivity index (χ3v) is 9.11. The fraction of sp³-hybridized carbons (Fsp3) is 0.205. The number of benzene rings is 4. The molecule has 1 amide bonds. The molecule has 0 bridgehead atoms. The van der Waals surface area contributed by atoms with Crippen molar-refractivity contribution < 1.29 is 33.2 Å². The molecular weight excluding hydrogens is 639 g/mol. The minimum atomic E-state index is -2.26. The Balaban J connectivity index is 1.28. The van der Waals surface area contributed by atoms with E-state index < -0.39 is 30.2 Å². The number of rotatable bonds is 11. The van der Waals surface area contributed by atoms with Gasteiger partial charge < -0.3 is 29.4 Å². The van der Waals surface area contributed by atoms with Crippen molar-refractivity contribution in [1.82, 2.24) is 14.5 Å². The fourth-order valence-electron chi connectivity index (χ4n) is 6.46. The van der Waals surface area contributed by atoms with E-state index in [1.807, 2.05) is 84.9 Å². The molecule has 7 rings (SSSR count). The number of carbonyl (C=O) groups excluding carboxylic acids is 1. The van der Waals surface area contributed by atoms with Crippen LogP contribution < -0.4 is 14.8 Å². The van der Waals surface area contributed by atoms with Crippen LogP contribution in [-0.2, 0) is 20.8 Å². The zero-order chi connectivity index (χ0) is 34.7. The number of carbonyl (C=O) groups is 1. The molecule has 0 saturated carbocycles. The molecule has 0 spiro atoms. The third-order valence-electron chi connectivity index (χ3n) is 9.11. The van der Waals surface area contributed by atoms with Crippen molar-refractivity contribution in [2.75, 3.05) is 32.8 Å². The van der Waals surface area contributed by atoms with E-state index in [0.717, 1.165) is 16.7 Å². The monoisotopic (exact) mass is 674 g/mol. The molecule has 50 heavy (non-hydrogen) atoms. The van der Waals surface area contributed by atoms with Gasteiger partial charge in [0.1, 0.15) is 28.7 Å². The minimum Gasteiger partial charge on any atom is -0.497 e. The molecule has 4 aromatic carbocycles.